The van der Waals surface area contributed by atoms with Crippen LogP contribution in [0, 0.1) is 25.6 Å². The SMILES string of the molecule is CCN(C(=O)c1cc(F)ccc1Cl)C1CCc2ccc(C(=O)NCC3CCN(c4cc(C)nc(C)n4)CC3)cc21. The van der Waals surface area contributed by atoms with Crippen molar-refractivity contribution >= 4 is 29.2 Å². The van der Waals surface area contributed by atoms with Crippen LogP contribution >= 0.6 is 11.6 Å². The highest BCUT2D eigenvalue weighted by Gasteiger charge is 2.32. The molecule has 0 bridgehead atoms. The predicted octanol–water partition coefficient (Wildman–Crippen LogP) is 5.68. The van der Waals surface area contributed by atoms with Crippen molar-refractivity contribution in [2.75, 3.05) is 31.1 Å². The first kappa shape index (κ1) is 28.0. The van der Waals surface area contributed by atoms with Gasteiger partial charge in [-0.2, -0.15) is 0 Å². The number of amides is 2. The normalized spacial score (nSPS) is 17.0. The molecule has 3 aromatic rings. The summed E-state index contributed by atoms with van der Waals surface area (Å²) in [6, 6.07) is 11.4. The Bertz CT molecular complexity index is 1400. The van der Waals surface area contributed by atoms with Gasteiger partial charge in [-0.25, -0.2) is 14.4 Å². The first-order valence-corrected chi connectivity index (χ1v) is 14.4. The maximum atomic E-state index is 13.9. The van der Waals surface area contributed by atoms with Crippen LogP contribution in [-0.4, -0.2) is 52.9 Å². The number of nitrogens with one attached hydrogen (secondary N) is 1. The van der Waals surface area contributed by atoms with Gasteiger partial charge in [0, 0.05) is 43.5 Å². The number of fused-ring (bicyclic) bond motifs is 1. The lowest BCUT2D eigenvalue weighted by atomic mass is 9.96. The van der Waals surface area contributed by atoms with Crippen LogP contribution in [0.5, 0.6) is 0 Å². The molecule has 1 fully saturated rings. The smallest absolute Gasteiger partial charge is 0.255 e. The van der Waals surface area contributed by atoms with Crippen molar-refractivity contribution in [2.24, 2.45) is 5.92 Å². The molecule has 7 nitrogen and oxygen atoms in total. The summed E-state index contributed by atoms with van der Waals surface area (Å²) in [7, 11) is 0. The largest absolute Gasteiger partial charge is 0.356 e. The molecule has 1 unspecified atom stereocenters. The minimum atomic E-state index is -0.500. The Kier molecular flexibility index (Phi) is 8.35. The van der Waals surface area contributed by atoms with Crippen molar-refractivity contribution in [1.82, 2.24) is 20.2 Å². The molecule has 1 aliphatic carbocycles. The quantitative estimate of drug-likeness (QED) is 0.400. The topological polar surface area (TPSA) is 78.4 Å². The lowest BCUT2D eigenvalue weighted by Gasteiger charge is -2.33. The number of aromatic nitrogens is 2. The zero-order chi connectivity index (χ0) is 28.4. The maximum Gasteiger partial charge on any atom is 0.255 e. The fourth-order valence-corrected chi connectivity index (χ4v) is 6.13. The Morgan fingerprint density at radius 3 is 2.58 bits per heavy atom. The number of hydrogen-bond donors (Lipinski definition) is 1. The third kappa shape index (κ3) is 5.97. The number of piperidine rings is 1. The van der Waals surface area contributed by atoms with E-state index in [0.29, 0.717) is 24.6 Å². The van der Waals surface area contributed by atoms with Gasteiger partial charge in [0.25, 0.3) is 11.8 Å². The lowest BCUT2D eigenvalue weighted by molar-refractivity contribution is 0.0687. The van der Waals surface area contributed by atoms with E-state index in [0.717, 1.165) is 67.2 Å². The molecule has 0 saturated carbocycles. The lowest BCUT2D eigenvalue weighted by Crippen LogP contribution is -2.39. The summed E-state index contributed by atoms with van der Waals surface area (Å²) in [6.45, 7) is 8.65. The first-order valence-electron chi connectivity index (χ1n) is 14.0. The van der Waals surface area contributed by atoms with Crippen molar-refractivity contribution in [3.8, 4) is 0 Å². The monoisotopic (exact) mass is 563 g/mol. The third-order valence-electron chi connectivity index (χ3n) is 8.03. The molecule has 0 radical (unpaired) electrons. The van der Waals surface area contributed by atoms with Crippen molar-refractivity contribution in [3.05, 3.63) is 87.1 Å². The predicted molar refractivity (Wildman–Crippen MR) is 154 cm³/mol. The number of halogens is 2. The molecule has 0 spiro atoms. The standard InChI is InChI=1S/C31H35ClFN5O2/c1-4-38(31(40)26-17-24(33)8-9-27(26)32)28-10-7-22-5-6-23(16-25(22)28)30(39)34-18-21-11-13-37(14-12-21)29-15-19(2)35-20(3)36-29/h5-6,8-9,15-17,21,28H,4,7,10-14,18H2,1-3H3,(H,34,39). The summed E-state index contributed by atoms with van der Waals surface area (Å²) >= 11 is 6.24. The van der Waals surface area contributed by atoms with E-state index in [1.807, 2.05) is 45.0 Å². The molecule has 40 heavy (non-hydrogen) atoms. The summed E-state index contributed by atoms with van der Waals surface area (Å²) in [5, 5.41) is 3.36. The number of hydrogen-bond acceptors (Lipinski definition) is 5. The van der Waals surface area contributed by atoms with Crippen LogP contribution < -0.4 is 10.2 Å². The summed E-state index contributed by atoms with van der Waals surface area (Å²) in [5.74, 6) is 1.23. The van der Waals surface area contributed by atoms with Gasteiger partial charge in [-0.1, -0.05) is 17.7 Å². The number of aryl methyl sites for hydroxylation is 3. The molecule has 5 rings (SSSR count). The summed E-state index contributed by atoms with van der Waals surface area (Å²) in [6.07, 6.45) is 3.51. The molecule has 1 aliphatic heterocycles. The fraction of sp³-hybridized carbons (Fsp3) is 0.419. The number of carbonyl (C=O) groups excluding carboxylic acids is 2. The molecule has 9 heteroatoms. The van der Waals surface area contributed by atoms with Crippen molar-refractivity contribution in [2.45, 2.75) is 52.5 Å². The van der Waals surface area contributed by atoms with Gasteiger partial charge in [-0.05, 0) is 93.8 Å². The van der Waals surface area contributed by atoms with Crippen LogP contribution in [0.15, 0.2) is 42.5 Å². The van der Waals surface area contributed by atoms with Gasteiger partial charge in [0.1, 0.15) is 17.5 Å². The molecular formula is C31H35ClFN5O2. The second-order valence-corrected chi connectivity index (χ2v) is 11.1. The molecular weight excluding hydrogens is 529 g/mol. The minimum Gasteiger partial charge on any atom is -0.356 e. The fourth-order valence-electron chi connectivity index (χ4n) is 5.93. The van der Waals surface area contributed by atoms with Gasteiger partial charge in [-0.3, -0.25) is 9.59 Å². The van der Waals surface area contributed by atoms with E-state index in [9.17, 15) is 14.0 Å². The Morgan fingerprint density at radius 1 is 1.07 bits per heavy atom. The Balaban J connectivity index is 1.22. The number of anilines is 1. The molecule has 2 heterocycles. The highest BCUT2D eigenvalue weighted by molar-refractivity contribution is 6.33. The number of rotatable bonds is 7. The Hall–Kier alpha value is -3.52. The molecule has 1 saturated heterocycles. The Morgan fingerprint density at radius 2 is 1.85 bits per heavy atom. The van der Waals surface area contributed by atoms with Crippen LogP contribution in [0.1, 0.15) is 75.6 Å². The molecule has 1 atom stereocenters. The second-order valence-electron chi connectivity index (χ2n) is 10.7. The minimum absolute atomic E-state index is 0.111. The van der Waals surface area contributed by atoms with Gasteiger partial charge in [0.05, 0.1) is 16.6 Å². The van der Waals surface area contributed by atoms with Crippen LogP contribution in [0.25, 0.3) is 0 Å². The van der Waals surface area contributed by atoms with Crippen LogP contribution in [0.4, 0.5) is 10.2 Å². The van der Waals surface area contributed by atoms with Crippen molar-refractivity contribution < 1.29 is 14.0 Å². The Labute approximate surface area is 239 Å². The van der Waals surface area contributed by atoms with Crippen molar-refractivity contribution in [1.29, 1.82) is 0 Å². The average molecular weight is 564 g/mol. The van der Waals surface area contributed by atoms with Crippen molar-refractivity contribution in [3.63, 3.8) is 0 Å². The van der Waals surface area contributed by atoms with E-state index in [1.54, 1.807) is 4.90 Å². The van der Waals surface area contributed by atoms with Gasteiger partial charge in [-0.15, -0.1) is 0 Å². The average Bonchev–Trinajstić information content (AvgIpc) is 3.36. The van der Waals surface area contributed by atoms with E-state index < -0.39 is 5.82 Å². The van der Waals surface area contributed by atoms with Gasteiger partial charge in [0.2, 0.25) is 0 Å². The first-order chi connectivity index (χ1) is 19.2. The maximum absolute atomic E-state index is 13.9. The number of nitrogens with zero attached hydrogens (tertiary/aromatic N) is 4. The highest BCUT2D eigenvalue weighted by atomic mass is 35.5. The third-order valence-corrected chi connectivity index (χ3v) is 8.36. The van der Waals surface area contributed by atoms with Crippen LogP contribution in [0.2, 0.25) is 5.02 Å². The van der Waals surface area contributed by atoms with Crippen LogP contribution in [-0.2, 0) is 6.42 Å². The molecule has 2 aliphatic rings. The zero-order valence-electron chi connectivity index (χ0n) is 23.2. The number of carbonyl (C=O) groups is 2. The summed E-state index contributed by atoms with van der Waals surface area (Å²) in [4.78, 5) is 39.5. The van der Waals surface area contributed by atoms with E-state index in [4.69, 9.17) is 11.6 Å². The van der Waals surface area contributed by atoms with E-state index in [1.165, 1.54) is 18.2 Å². The van der Waals surface area contributed by atoms with Gasteiger partial charge >= 0.3 is 0 Å². The van der Waals surface area contributed by atoms with Crippen LogP contribution in [0.3, 0.4) is 0 Å². The molecule has 2 amide bonds. The number of benzene rings is 2. The van der Waals surface area contributed by atoms with E-state index in [-0.39, 0.29) is 28.4 Å². The highest BCUT2D eigenvalue weighted by Crippen LogP contribution is 2.37. The van der Waals surface area contributed by atoms with E-state index >= 15 is 0 Å². The molecule has 2 aromatic carbocycles. The molecule has 1 N–H and O–H groups in total. The van der Waals surface area contributed by atoms with Gasteiger partial charge in [0.15, 0.2) is 0 Å². The second kappa shape index (κ2) is 11.9. The molecule has 210 valence electrons. The zero-order valence-corrected chi connectivity index (χ0v) is 24.0. The summed E-state index contributed by atoms with van der Waals surface area (Å²) in [5.41, 5.74) is 3.81. The van der Waals surface area contributed by atoms with Gasteiger partial charge < -0.3 is 15.1 Å². The summed E-state index contributed by atoms with van der Waals surface area (Å²) < 4.78 is 13.9. The van der Waals surface area contributed by atoms with E-state index in [2.05, 4.69) is 20.2 Å². The molecule has 1 aromatic heterocycles.